The van der Waals surface area contributed by atoms with Crippen molar-refractivity contribution >= 4 is 5.91 Å². The molecule has 0 spiro atoms. The standard InChI is InChI=1S/C17H23N5O2/c1-12(2)22-11-19-20-16(22)14-5-4-8-21(10-14)17(23)13-6-7-15(24-3)18-9-13/h6-7,9,11-12,14H,4-5,8,10H2,1-3H3/t14-/m0/s1. The molecule has 0 N–H and O–H groups in total. The lowest BCUT2D eigenvalue weighted by atomic mass is 9.96. The van der Waals surface area contributed by atoms with Crippen LogP contribution in [0.5, 0.6) is 5.88 Å². The van der Waals surface area contributed by atoms with Gasteiger partial charge < -0.3 is 14.2 Å². The van der Waals surface area contributed by atoms with Gasteiger partial charge in [0.2, 0.25) is 5.88 Å². The first-order chi connectivity index (χ1) is 11.6. The van der Waals surface area contributed by atoms with Crippen LogP contribution in [0.4, 0.5) is 0 Å². The van der Waals surface area contributed by atoms with Gasteiger partial charge in [-0.25, -0.2) is 4.98 Å². The van der Waals surface area contributed by atoms with Crippen LogP contribution < -0.4 is 4.74 Å². The maximum absolute atomic E-state index is 12.7. The van der Waals surface area contributed by atoms with E-state index in [0.29, 0.717) is 24.0 Å². The van der Waals surface area contributed by atoms with Gasteiger partial charge in [-0.05, 0) is 32.8 Å². The second-order valence-corrected chi connectivity index (χ2v) is 6.37. The van der Waals surface area contributed by atoms with Crippen LogP contribution >= 0.6 is 0 Å². The maximum atomic E-state index is 12.7. The van der Waals surface area contributed by atoms with Crippen LogP contribution in [0.2, 0.25) is 0 Å². The van der Waals surface area contributed by atoms with E-state index >= 15 is 0 Å². The molecule has 1 fully saturated rings. The summed E-state index contributed by atoms with van der Waals surface area (Å²) >= 11 is 0. The second kappa shape index (κ2) is 6.98. The van der Waals surface area contributed by atoms with E-state index in [1.54, 1.807) is 31.8 Å². The van der Waals surface area contributed by atoms with Crippen molar-refractivity contribution in [1.29, 1.82) is 0 Å². The normalized spacial score (nSPS) is 18.0. The van der Waals surface area contributed by atoms with E-state index in [0.717, 1.165) is 25.2 Å². The Morgan fingerprint density at radius 3 is 2.88 bits per heavy atom. The lowest BCUT2D eigenvalue weighted by molar-refractivity contribution is 0.0702. The fourth-order valence-corrected chi connectivity index (χ4v) is 3.12. The molecule has 7 heteroatoms. The average molecular weight is 329 g/mol. The van der Waals surface area contributed by atoms with Crippen LogP contribution in [0.15, 0.2) is 24.7 Å². The van der Waals surface area contributed by atoms with Gasteiger partial charge in [-0.15, -0.1) is 10.2 Å². The number of piperidine rings is 1. The van der Waals surface area contributed by atoms with Gasteiger partial charge in [0.1, 0.15) is 12.2 Å². The number of carbonyl (C=O) groups is 1. The van der Waals surface area contributed by atoms with E-state index < -0.39 is 0 Å². The van der Waals surface area contributed by atoms with Crippen molar-refractivity contribution in [2.45, 2.75) is 38.6 Å². The number of carbonyl (C=O) groups excluding carboxylic acids is 1. The van der Waals surface area contributed by atoms with Crippen molar-refractivity contribution in [3.8, 4) is 5.88 Å². The monoisotopic (exact) mass is 329 g/mol. The zero-order valence-electron chi connectivity index (χ0n) is 14.3. The van der Waals surface area contributed by atoms with Crippen molar-refractivity contribution in [3.05, 3.63) is 36.0 Å². The summed E-state index contributed by atoms with van der Waals surface area (Å²) in [5, 5.41) is 8.35. The molecular weight excluding hydrogens is 306 g/mol. The Hall–Kier alpha value is -2.44. The SMILES string of the molecule is COc1ccc(C(=O)N2CCC[C@H](c3nncn3C(C)C)C2)cn1. The molecule has 3 rings (SSSR count). The highest BCUT2D eigenvalue weighted by Gasteiger charge is 2.29. The summed E-state index contributed by atoms with van der Waals surface area (Å²) in [5.41, 5.74) is 0.585. The van der Waals surface area contributed by atoms with Crippen molar-refractivity contribution in [1.82, 2.24) is 24.6 Å². The molecule has 2 aromatic rings. The number of ether oxygens (including phenoxy) is 1. The summed E-state index contributed by atoms with van der Waals surface area (Å²) in [6, 6.07) is 3.78. The predicted molar refractivity (Wildman–Crippen MR) is 89.1 cm³/mol. The van der Waals surface area contributed by atoms with Crippen LogP contribution in [0.25, 0.3) is 0 Å². The first-order valence-corrected chi connectivity index (χ1v) is 8.29. The molecule has 2 aromatic heterocycles. The first-order valence-electron chi connectivity index (χ1n) is 8.29. The number of likely N-dealkylation sites (tertiary alicyclic amines) is 1. The zero-order valence-corrected chi connectivity index (χ0v) is 14.3. The lowest BCUT2D eigenvalue weighted by Crippen LogP contribution is -2.39. The van der Waals surface area contributed by atoms with Gasteiger partial charge in [0, 0.05) is 37.3 Å². The Kier molecular flexibility index (Phi) is 4.78. The van der Waals surface area contributed by atoms with Crippen LogP contribution in [-0.4, -0.2) is 50.8 Å². The van der Waals surface area contributed by atoms with E-state index in [2.05, 4.69) is 33.6 Å². The largest absolute Gasteiger partial charge is 0.481 e. The first kappa shape index (κ1) is 16.4. The molecule has 1 aliphatic rings. The van der Waals surface area contributed by atoms with E-state index in [4.69, 9.17) is 4.74 Å². The minimum Gasteiger partial charge on any atom is -0.481 e. The molecule has 0 bridgehead atoms. The molecule has 0 radical (unpaired) electrons. The predicted octanol–water partition coefficient (Wildman–Crippen LogP) is 2.28. The number of nitrogens with zero attached hydrogens (tertiary/aromatic N) is 5. The summed E-state index contributed by atoms with van der Waals surface area (Å²) in [7, 11) is 1.56. The van der Waals surface area contributed by atoms with Gasteiger partial charge in [-0.3, -0.25) is 4.79 Å². The van der Waals surface area contributed by atoms with Gasteiger partial charge in [-0.1, -0.05) is 0 Å². The van der Waals surface area contributed by atoms with Gasteiger partial charge in [0.15, 0.2) is 0 Å². The van der Waals surface area contributed by atoms with Gasteiger partial charge >= 0.3 is 0 Å². The highest BCUT2D eigenvalue weighted by atomic mass is 16.5. The van der Waals surface area contributed by atoms with Crippen LogP contribution in [0, 0.1) is 0 Å². The lowest BCUT2D eigenvalue weighted by Gasteiger charge is -2.32. The smallest absolute Gasteiger partial charge is 0.255 e. The Bertz CT molecular complexity index is 695. The van der Waals surface area contributed by atoms with E-state index in [-0.39, 0.29) is 11.8 Å². The molecule has 24 heavy (non-hydrogen) atoms. The third-order valence-corrected chi connectivity index (χ3v) is 4.42. The second-order valence-electron chi connectivity index (χ2n) is 6.37. The minimum absolute atomic E-state index is 0.00506. The Morgan fingerprint density at radius 2 is 2.21 bits per heavy atom. The van der Waals surface area contributed by atoms with Crippen LogP contribution in [0.1, 0.15) is 54.8 Å². The Labute approximate surface area is 141 Å². The summed E-state index contributed by atoms with van der Waals surface area (Å²) < 4.78 is 7.13. The molecular formula is C17H23N5O2. The molecule has 1 saturated heterocycles. The molecule has 1 atom stereocenters. The average Bonchev–Trinajstić information content (AvgIpc) is 3.11. The quantitative estimate of drug-likeness (QED) is 0.860. The van der Waals surface area contributed by atoms with E-state index in [1.165, 1.54) is 0 Å². The molecule has 7 nitrogen and oxygen atoms in total. The van der Waals surface area contributed by atoms with Crippen molar-refractivity contribution < 1.29 is 9.53 Å². The molecule has 1 aliphatic heterocycles. The van der Waals surface area contributed by atoms with Crippen molar-refractivity contribution in [2.75, 3.05) is 20.2 Å². The van der Waals surface area contributed by atoms with Gasteiger partial charge in [-0.2, -0.15) is 0 Å². The summed E-state index contributed by atoms with van der Waals surface area (Å²) in [6.07, 6.45) is 5.33. The maximum Gasteiger partial charge on any atom is 0.255 e. The molecule has 0 saturated carbocycles. The van der Waals surface area contributed by atoms with Gasteiger partial charge in [0.05, 0.1) is 12.7 Å². The third-order valence-electron chi connectivity index (χ3n) is 4.42. The number of pyridine rings is 1. The number of hydrogen-bond donors (Lipinski definition) is 0. The summed E-state index contributed by atoms with van der Waals surface area (Å²) in [6.45, 7) is 5.65. The molecule has 0 aliphatic carbocycles. The van der Waals surface area contributed by atoms with Crippen LogP contribution in [0.3, 0.4) is 0 Å². The van der Waals surface area contributed by atoms with Crippen molar-refractivity contribution in [3.63, 3.8) is 0 Å². The summed E-state index contributed by atoms with van der Waals surface area (Å²) in [5.74, 6) is 1.70. The number of methoxy groups -OCH3 is 1. The number of amides is 1. The highest BCUT2D eigenvalue weighted by Crippen LogP contribution is 2.27. The summed E-state index contributed by atoms with van der Waals surface area (Å²) in [4.78, 5) is 18.7. The minimum atomic E-state index is 0.00506. The zero-order chi connectivity index (χ0) is 17.1. The number of hydrogen-bond acceptors (Lipinski definition) is 5. The van der Waals surface area contributed by atoms with Crippen molar-refractivity contribution in [2.24, 2.45) is 0 Å². The van der Waals surface area contributed by atoms with Crippen LogP contribution in [-0.2, 0) is 0 Å². The van der Waals surface area contributed by atoms with E-state index in [9.17, 15) is 4.79 Å². The van der Waals surface area contributed by atoms with Gasteiger partial charge in [0.25, 0.3) is 5.91 Å². The Balaban J connectivity index is 1.75. The molecule has 128 valence electrons. The molecule has 1 amide bonds. The third kappa shape index (κ3) is 3.25. The topological polar surface area (TPSA) is 73.1 Å². The van der Waals surface area contributed by atoms with E-state index in [1.807, 2.05) is 4.90 Å². The number of aromatic nitrogens is 4. The molecule has 3 heterocycles. The highest BCUT2D eigenvalue weighted by molar-refractivity contribution is 5.94. The Morgan fingerprint density at radius 1 is 1.38 bits per heavy atom. The molecule has 0 unspecified atom stereocenters. The number of rotatable bonds is 4. The fraction of sp³-hybridized carbons (Fsp3) is 0.529. The molecule has 0 aromatic carbocycles. The fourth-order valence-electron chi connectivity index (χ4n) is 3.12.